The Morgan fingerprint density at radius 2 is 1.04 bits per heavy atom. The van der Waals surface area contributed by atoms with Crippen LogP contribution in [0.5, 0.6) is 0 Å². The Labute approximate surface area is 419 Å². The third-order valence-electron chi connectivity index (χ3n) is 18.0. The summed E-state index contributed by atoms with van der Waals surface area (Å²) >= 11 is 1.98. The Morgan fingerprint density at radius 1 is 0.485 bits per heavy atom. The van der Waals surface area contributed by atoms with Crippen molar-refractivity contribution in [2.45, 2.75) is 168 Å². The van der Waals surface area contributed by atoms with Gasteiger partial charge in [-0.15, -0.1) is 11.3 Å². The van der Waals surface area contributed by atoms with Gasteiger partial charge in [0.15, 0.2) is 0 Å². The van der Waals surface area contributed by atoms with Crippen molar-refractivity contribution in [3.8, 4) is 11.1 Å². The van der Waals surface area contributed by atoms with E-state index < -0.39 is 0 Å². The third-order valence-corrected chi connectivity index (χ3v) is 19.2. The van der Waals surface area contributed by atoms with Crippen molar-refractivity contribution in [3.05, 3.63) is 148 Å². The monoisotopic (exact) mass is 916 g/mol. The molecule has 0 unspecified atom stereocenters. The topological polar surface area (TPSA) is 6.48 Å². The number of nitrogens with zero attached hydrogens (tertiary/aromatic N) is 2. The van der Waals surface area contributed by atoms with Gasteiger partial charge in [0.25, 0.3) is 6.71 Å². The van der Waals surface area contributed by atoms with E-state index in [9.17, 15) is 2.74 Å². The van der Waals surface area contributed by atoms with Gasteiger partial charge in [-0.1, -0.05) is 138 Å². The molecule has 3 aliphatic carbocycles. The Kier molecular flexibility index (Phi) is 8.14. The normalized spacial score (nSPS) is 21.5. The molecule has 0 atom stereocenters. The summed E-state index contributed by atoms with van der Waals surface area (Å²) in [6.45, 7) is 33.3. The van der Waals surface area contributed by atoms with E-state index in [0.717, 1.165) is 61.2 Å². The molecular formula is C64H71BN2S. The lowest BCUT2D eigenvalue weighted by molar-refractivity contribution is 0.332. The first kappa shape index (κ1) is 38.8. The number of thiophene rings is 1. The molecule has 0 fully saturated rings. The Balaban J connectivity index is 1.22. The Morgan fingerprint density at radius 3 is 1.71 bits per heavy atom. The summed E-state index contributed by atoms with van der Waals surface area (Å²) in [4.78, 5) is 5.19. The summed E-state index contributed by atoms with van der Waals surface area (Å²) in [6, 6.07) is 27.5. The van der Waals surface area contributed by atoms with E-state index in [1.54, 1.807) is 0 Å². The molecule has 4 heteroatoms. The second-order valence-corrected chi connectivity index (χ2v) is 26.6. The van der Waals surface area contributed by atoms with Crippen molar-refractivity contribution >= 4 is 78.0 Å². The maximum absolute atomic E-state index is 9.31. The molecule has 68 heavy (non-hydrogen) atoms. The lowest BCUT2D eigenvalue weighted by Gasteiger charge is -2.48. The molecule has 0 saturated heterocycles. The van der Waals surface area contributed by atoms with Crippen LogP contribution in [0.3, 0.4) is 0 Å². The quantitative estimate of drug-likeness (QED) is 0.163. The summed E-state index contributed by atoms with van der Waals surface area (Å²) in [6.07, 6.45) is 6.54. The first-order valence-corrected chi connectivity index (χ1v) is 26.2. The SMILES string of the molecule is [2H]c1c([2H])c([2H])c(-c2cc(N3c4cc(C)ccc4B4c5sc6cc7c(cc6c5N(c5ccc6c(c5)C(C)(C)CCC6(C)C)c5cc(C)cc3c54)C(C)(C)CCC7(C)C)c3c(c2)C(C)(C)CCC3(C)C)c([2H])c1[2H]. The van der Waals surface area contributed by atoms with Crippen LogP contribution in [-0.4, -0.2) is 6.71 Å². The minimum atomic E-state index is -0.375. The van der Waals surface area contributed by atoms with Crippen LogP contribution in [-0.2, 0) is 32.5 Å². The van der Waals surface area contributed by atoms with Gasteiger partial charge in [-0.05, 0) is 200 Å². The third kappa shape index (κ3) is 6.33. The van der Waals surface area contributed by atoms with Gasteiger partial charge in [-0.3, -0.25) is 0 Å². The van der Waals surface area contributed by atoms with E-state index in [1.807, 2.05) is 11.3 Å². The fourth-order valence-electron chi connectivity index (χ4n) is 13.5. The van der Waals surface area contributed by atoms with Crippen LogP contribution < -0.4 is 25.5 Å². The van der Waals surface area contributed by atoms with Crippen molar-refractivity contribution in [2.75, 3.05) is 9.80 Å². The number of fused-ring (bicyclic) bond motifs is 9. The van der Waals surface area contributed by atoms with Gasteiger partial charge in [0.05, 0.1) is 18.2 Å². The predicted octanol–water partition coefficient (Wildman–Crippen LogP) is 16.3. The summed E-state index contributed by atoms with van der Waals surface area (Å²) < 4.78 is 47.5. The summed E-state index contributed by atoms with van der Waals surface area (Å²) in [5, 5.41) is 1.33. The van der Waals surface area contributed by atoms with Crippen molar-refractivity contribution in [1.29, 1.82) is 0 Å². The Hall–Kier alpha value is -5.06. The summed E-state index contributed by atoms with van der Waals surface area (Å²) in [5.41, 5.74) is 20.7. The number of benzene rings is 6. The van der Waals surface area contributed by atoms with Crippen LogP contribution in [0.15, 0.2) is 103 Å². The molecule has 3 heterocycles. The molecule has 12 rings (SSSR count). The van der Waals surface area contributed by atoms with Crippen molar-refractivity contribution in [1.82, 2.24) is 0 Å². The van der Waals surface area contributed by atoms with Crippen molar-refractivity contribution in [2.24, 2.45) is 0 Å². The minimum Gasteiger partial charge on any atom is -0.311 e. The van der Waals surface area contributed by atoms with Crippen molar-refractivity contribution in [3.63, 3.8) is 0 Å². The molecule has 0 saturated carbocycles. The molecular weight excluding hydrogens is 840 g/mol. The van der Waals surface area contributed by atoms with Gasteiger partial charge in [-0.2, -0.15) is 0 Å². The Bertz CT molecular complexity index is 3560. The molecule has 346 valence electrons. The highest BCUT2D eigenvalue weighted by Crippen LogP contribution is 2.57. The average molecular weight is 916 g/mol. The zero-order valence-electron chi connectivity index (χ0n) is 48.1. The van der Waals surface area contributed by atoms with Crippen LogP contribution in [0, 0.1) is 13.8 Å². The molecule has 0 bridgehead atoms. The maximum Gasteiger partial charge on any atom is 0.264 e. The molecule has 0 radical (unpaired) electrons. The van der Waals surface area contributed by atoms with Crippen molar-refractivity contribution < 1.29 is 6.85 Å². The molecule has 0 N–H and O–H groups in total. The number of hydrogen-bond donors (Lipinski definition) is 0. The zero-order valence-corrected chi connectivity index (χ0v) is 43.9. The van der Waals surface area contributed by atoms with E-state index >= 15 is 0 Å². The van der Waals surface area contributed by atoms with E-state index in [0.29, 0.717) is 5.56 Å². The second kappa shape index (κ2) is 14.3. The molecule has 5 aliphatic rings. The number of anilines is 6. The van der Waals surface area contributed by atoms with Gasteiger partial charge in [0.2, 0.25) is 0 Å². The number of aryl methyl sites for hydroxylation is 2. The molecule has 0 amide bonds. The van der Waals surface area contributed by atoms with Gasteiger partial charge in [0.1, 0.15) is 0 Å². The predicted molar refractivity (Wildman–Crippen MR) is 297 cm³/mol. The van der Waals surface area contributed by atoms with Gasteiger partial charge < -0.3 is 9.80 Å². The fourth-order valence-corrected chi connectivity index (χ4v) is 14.8. The van der Waals surface area contributed by atoms with E-state index in [4.69, 9.17) is 4.11 Å². The van der Waals surface area contributed by atoms with Crippen LogP contribution >= 0.6 is 11.3 Å². The highest BCUT2D eigenvalue weighted by Gasteiger charge is 2.49. The molecule has 2 aliphatic heterocycles. The highest BCUT2D eigenvalue weighted by atomic mass is 32.1. The average Bonchev–Trinajstić information content (AvgIpc) is 3.69. The maximum atomic E-state index is 9.31. The largest absolute Gasteiger partial charge is 0.311 e. The van der Waals surface area contributed by atoms with Crippen LogP contribution in [0.1, 0.15) is 173 Å². The molecule has 2 nitrogen and oxygen atoms in total. The van der Waals surface area contributed by atoms with Crippen LogP contribution in [0.25, 0.3) is 21.2 Å². The van der Waals surface area contributed by atoms with Crippen LogP contribution in [0.2, 0.25) is 0 Å². The first-order valence-electron chi connectivity index (χ1n) is 27.9. The lowest BCUT2D eigenvalue weighted by atomic mass is 9.36. The minimum absolute atomic E-state index is 0.0119. The second-order valence-electron chi connectivity index (χ2n) is 25.5. The fraction of sp³-hybridized carbons (Fsp3) is 0.406. The summed E-state index contributed by atoms with van der Waals surface area (Å²) in [5.74, 6) is 0. The van der Waals surface area contributed by atoms with Gasteiger partial charge in [-0.25, -0.2) is 0 Å². The highest BCUT2D eigenvalue weighted by molar-refractivity contribution is 7.33. The number of hydrogen-bond acceptors (Lipinski definition) is 3. The van der Waals surface area contributed by atoms with E-state index in [2.05, 4.69) is 180 Å². The standard InChI is InChI=1S/C64H71BN2S/c1-38-20-23-49-50(30-38)67(51-34-41(40-18-16-15-17-19-40)33-48-55(51)64(13,14)29-28-63(48,11)12)53-32-39(2)31-52-56(53)65(49)58-57(43-36-46-47(37-54(43)68-58)62(9,10)27-26-61(46,7)8)66(52)42-21-22-44-45(35-42)60(5,6)25-24-59(44,3)4/h15-23,30-37H,24-29H2,1-14H3/i15D,16D,17D,18D,19D. The van der Waals surface area contributed by atoms with Gasteiger partial charge >= 0.3 is 0 Å². The molecule has 1 aromatic heterocycles. The number of rotatable bonds is 3. The van der Waals surface area contributed by atoms with E-state index in [-0.39, 0.29) is 75.0 Å². The lowest BCUT2D eigenvalue weighted by Crippen LogP contribution is -2.60. The van der Waals surface area contributed by atoms with E-state index in [1.165, 1.54) is 81.8 Å². The summed E-state index contributed by atoms with van der Waals surface area (Å²) in [7, 11) is 0. The molecule has 7 aromatic rings. The molecule has 6 aromatic carbocycles. The molecule has 0 spiro atoms. The smallest absolute Gasteiger partial charge is 0.264 e. The zero-order chi connectivity index (χ0) is 52.2. The van der Waals surface area contributed by atoms with Crippen LogP contribution in [0.4, 0.5) is 34.1 Å². The van der Waals surface area contributed by atoms with Gasteiger partial charge in [0, 0.05) is 37.6 Å². The first-order chi connectivity index (χ1) is 34.0.